The molecule has 0 radical (unpaired) electrons. The Morgan fingerprint density at radius 2 is 1.80 bits per heavy atom. The molecule has 1 aliphatic carbocycles. The Morgan fingerprint density at radius 1 is 0.950 bits per heavy atom. The fraction of sp³-hybridized carbons (Fsp3) is 0.294. The normalized spacial score (nSPS) is 16.2. The first kappa shape index (κ1) is 12.9. The molecule has 0 aliphatic heterocycles. The van der Waals surface area contributed by atoms with Crippen LogP contribution in [0.25, 0.3) is 9.40 Å². The lowest BCUT2D eigenvalue weighted by Crippen LogP contribution is -2.03. The highest BCUT2D eigenvalue weighted by Crippen LogP contribution is 2.39. The zero-order valence-electron chi connectivity index (χ0n) is 11.1. The lowest BCUT2D eigenvalue weighted by atomic mass is 9.90. The van der Waals surface area contributed by atoms with Gasteiger partial charge in [0.2, 0.25) is 0 Å². The summed E-state index contributed by atoms with van der Waals surface area (Å²) in [6.45, 7) is 0. The van der Waals surface area contributed by atoms with E-state index < -0.39 is 0 Å². The molecule has 0 bridgehead atoms. The van der Waals surface area contributed by atoms with Crippen LogP contribution in [-0.2, 0) is 12.8 Å². The van der Waals surface area contributed by atoms with Crippen molar-refractivity contribution in [1.82, 2.24) is 0 Å². The van der Waals surface area contributed by atoms with Crippen LogP contribution in [0.2, 0.25) is 0 Å². The molecule has 102 valence electrons. The van der Waals surface area contributed by atoms with Crippen LogP contribution in [0.1, 0.15) is 39.8 Å². The van der Waals surface area contributed by atoms with E-state index in [0.717, 1.165) is 0 Å². The van der Waals surface area contributed by atoms with E-state index >= 15 is 0 Å². The maximum atomic E-state index is 6.72. The highest BCUT2D eigenvalue weighted by atomic mass is 35.5. The molecule has 20 heavy (non-hydrogen) atoms. The smallest absolute Gasteiger partial charge is 0.0928 e. The van der Waals surface area contributed by atoms with Crippen LogP contribution in [0.3, 0.4) is 0 Å². The van der Waals surface area contributed by atoms with E-state index in [-0.39, 0.29) is 5.38 Å². The van der Waals surface area contributed by atoms with Crippen LogP contribution in [0.4, 0.5) is 0 Å². The molecule has 0 N–H and O–H groups in total. The number of fused-ring (bicyclic) bond motifs is 2. The summed E-state index contributed by atoms with van der Waals surface area (Å²) >= 11 is 10.3. The molecule has 1 atom stereocenters. The van der Waals surface area contributed by atoms with Crippen LogP contribution in [0, 0.1) is 0 Å². The van der Waals surface area contributed by atoms with Gasteiger partial charge in [-0.05, 0) is 59.9 Å². The van der Waals surface area contributed by atoms with Gasteiger partial charge in [-0.2, -0.15) is 0 Å². The summed E-state index contributed by atoms with van der Waals surface area (Å²) in [6.07, 6.45) is 5.10. The van der Waals surface area contributed by atoms with E-state index in [4.69, 9.17) is 11.6 Å². The molecule has 2 heterocycles. The highest BCUT2D eigenvalue weighted by molar-refractivity contribution is 7.27. The topological polar surface area (TPSA) is 0 Å². The number of hydrogen-bond donors (Lipinski definition) is 0. The van der Waals surface area contributed by atoms with E-state index in [0.29, 0.717) is 0 Å². The summed E-state index contributed by atoms with van der Waals surface area (Å²) in [5, 5.41) is 2.14. The molecule has 0 saturated carbocycles. The maximum Gasteiger partial charge on any atom is 0.0928 e. The van der Waals surface area contributed by atoms with Crippen LogP contribution in [0.5, 0.6) is 0 Å². The van der Waals surface area contributed by atoms with Crippen LogP contribution >= 0.6 is 34.3 Å². The third kappa shape index (κ3) is 2.20. The summed E-state index contributed by atoms with van der Waals surface area (Å²) in [5.41, 5.74) is 4.29. The number of rotatable bonds is 2. The Morgan fingerprint density at radius 3 is 2.65 bits per heavy atom. The lowest BCUT2D eigenvalue weighted by Gasteiger charge is -2.18. The molecule has 2 aromatic heterocycles. The Hall–Kier alpha value is -0.830. The highest BCUT2D eigenvalue weighted by Gasteiger charge is 2.17. The Bertz CT molecular complexity index is 725. The molecule has 3 heteroatoms. The van der Waals surface area contributed by atoms with Crippen LogP contribution < -0.4 is 0 Å². The third-order valence-corrected chi connectivity index (χ3v) is 6.85. The number of benzene rings is 1. The van der Waals surface area contributed by atoms with Gasteiger partial charge in [-0.3, -0.25) is 0 Å². The Kier molecular flexibility index (Phi) is 3.33. The molecule has 1 unspecified atom stereocenters. The lowest BCUT2D eigenvalue weighted by molar-refractivity contribution is 0.684. The number of halogens is 1. The van der Waals surface area contributed by atoms with Gasteiger partial charge in [-0.1, -0.05) is 18.2 Å². The number of alkyl halides is 1. The zero-order valence-corrected chi connectivity index (χ0v) is 13.5. The minimum atomic E-state index is -0.00757. The summed E-state index contributed by atoms with van der Waals surface area (Å²) in [6, 6.07) is 11.3. The van der Waals surface area contributed by atoms with Gasteiger partial charge >= 0.3 is 0 Å². The molecular weight excluding hydrogens is 304 g/mol. The minimum Gasteiger partial charge on any atom is -0.143 e. The quantitative estimate of drug-likeness (QED) is 0.496. The molecular formula is C17H15ClS2. The number of aryl methyl sites for hydroxylation is 2. The molecule has 3 aromatic rings. The van der Waals surface area contributed by atoms with Gasteiger partial charge in [0.1, 0.15) is 0 Å². The van der Waals surface area contributed by atoms with Crippen molar-refractivity contribution in [2.24, 2.45) is 0 Å². The van der Waals surface area contributed by atoms with Gasteiger partial charge in [0.05, 0.1) is 5.38 Å². The first-order chi connectivity index (χ1) is 9.81. The fourth-order valence-electron chi connectivity index (χ4n) is 2.98. The van der Waals surface area contributed by atoms with Gasteiger partial charge in [0, 0.05) is 14.3 Å². The second-order valence-corrected chi connectivity index (χ2v) is 7.90. The van der Waals surface area contributed by atoms with E-state index in [9.17, 15) is 0 Å². The van der Waals surface area contributed by atoms with Crippen molar-refractivity contribution in [3.8, 4) is 0 Å². The van der Waals surface area contributed by atoms with Gasteiger partial charge in [0.15, 0.2) is 0 Å². The molecule has 0 nitrogen and oxygen atoms in total. The molecule has 0 amide bonds. The van der Waals surface area contributed by atoms with Crippen molar-refractivity contribution in [2.75, 3.05) is 0 Å². The van der Waals surface area contributed by atoms with Crippen molar-refractivity contribution in [1.29, 1.82) is 0 Å². The van der Waals surface area contributed by atoms with Crippen LogP contribution in [0.15, 0.2) is 35.7 Å². The summed E-state index contributed by atoms with van der Waals surface area (Å²) in [7, 11) is 0. The van der Waals surface area contributed by atoms with Gasteiger partial charge in [0.25, 0.3) is 0 Å². The molecule has 0 fully saturated rings. The molecule has 1 aromatic carbocycles. The summed E-state index contributed by atoms with van der Waals surface area (Å²) < 4.78 is 2.71. The number of thiophene rings is 2. The van der Waals surface area contributed by atoms with E-state index in [1.54, 1.807) is 11.3 Å². The standard InChI is InChI=1S/C17H15ClS2/c18-17(16-10-15-14(20-16)7-8-19-15)13-6-5-11-3-1-2-4-12(11)9-13/h5-10,17H,1-4H2. The van der Waals surface area contributed by atoms with Gasteiger partial charge in [-0.25, -0.2) is 0 Å². The van der Waals surface area contributed by atoms with E-state index in [1.165, 1.54) is 56.7 Å². The monoisotopic (exact) mass is 318 g/mol. The minimum absolute atomic E-state index is 0.00757. The van der Waals surface area contributed by atoms with E-state index in [2.05, 4.69) is 35.7 Å². The SMILES string of the molecule is ClC(c1ccc2c(c1)CCCC2)c1cc2sccc2s1. The Balaban J connectivity index is 1.70. The maximum absolute atomic E-state index is 6.72. The Labute approximate surface area is 132 Å². The van der Waals surface area contributed by atoms with Gasteiger partial charge < -0.3 is 0 Å². The molecule has 4 rings (SSSR count). The van der Waals surface area contributed by atoms with Crippen LogP contribution in [-0.4, -0.2) is 0 Å². The first-order valence-corrected chi connectivity index (χ1v) is 9.17. The van der Waals surface area contributed by atoms with Crippen molar-refractivity contribution in [3.63, 3.8) is 0 Å². The average molecular weight is 319 g/mol. The van der Waals surface area contributed by atoms with Crippen molar-refractivity contribution < 1.29 is 0 Å². The first-order valence-electron chi connectivity index (χ1n) is 7.04. The summed E-state index contributed by atoms with van der Waals surface area (Å²) in [4.78, 5) is 1.27. The van der Waals surface area contributed by atoms with Crippen molar-refractivity contribution in [3.05, 3.63) is 57.3 Å². The molecule has 0 saturated heterocycles. The molecule has 1 aliphatic rings. The molecule has 0 spiro atoms. The van der Waals surface area contributed by atoms with Crippen molar-refractivity contribution >= 4 is 43.7 Å². The second kappa shape index (κ2) is 5.18. The zero-order chi connectivity index (χ0) is 13.5. The summed E-state index contributed by atoms with van der Waals surface area (Å²) in [5.74, 6) is 0. The third-order valence-electron chi connectivity index (χ3n) is 4.07. The largest absolute Gasteiger partial charge is 0.143 e. The second-order valence-electron chi connectivity index (χ2n) is 5.40. The predicted molar refractivity (Wildman–Crippen MR) is 90.5 cm³/mol. The van der Waals surface area contributed by atoms with Gasteiger partial charge in [-0.15, -0.1) is 34.3 Å². The average Bonchev–Trinajstić information content (AvgIpc) is 3.07. The fourth-order valence-corrected chi connectivity index (χ4v) is 5.44. The predicted octanol–water partition coefficient (Wildman–Crippen LogP) is 6.17. The van der Waals surface area contributed by atoms with Crippen molar-refractivity contribution in [2.45, 2.75) is 31.1 Å². The number of hydrogen-bond acceptors (Lipinski definition) is 2. The van der Waals surface area contributed by atoms with E-state index in [1.807, 2.05) is 11.3 Å².